The van der Waals surface area contributed by atoms with Crippen LogP contribution in [0.1, 0.15) is 70.3 Å². The van der Waals surface area contributed by atoms with Gasteiger partial charge in [-0.3, -0.25) is 0 Å². The zero-order valence-corrected chi connectivity index (χ0v) is 19.5. The second-order valence-electron chi connectivity index (χ2n) is 9.47. The summed E-state index contributed by atoms with van der Waals surface area (Å²) in [5, 5.41) is 0. The van der Waals surface area contributed by atoms with Gasteiger partial charge in [-0.15, -0.1) is 0 Å². The van der Waals surface area contributed by atoms with E-state index >= 15 is 0 Å². The van der Waals surface area contributed by atoms with Gasteiger partial charge in [0, 0.05) is 31.7 Å². The number of nitrogens with zero attached hydrogens (tertiary/aromatic N) is 2. The Morgan fingerprint density at radius 1 is 1.00 bits per heavy atom. The summed E-state index contributed by atoms with van der Waals surface area (Å²) in [4.78, 5) is 5.10. The summed E-state index contributed by atoms with van der Waals surface area (Å²) in [6.07, 6.45) is 11.4. The van der Waals surface area contributed by atoms with Gasteiger partial charge >= 0.3 is 0 Å². The molecular weight excluding hydrogens is 372 g/mol. The van der Waals surface area contributed by atoms with Gasteiger partial charge in [-0.05, 0) is 82.9 Å². The first kappa shape index (κ1) is 23.6. The number of hydrogen-bond donors (Lipinski definition) is 0. The largest absolute Gasteiger partial charge is 0.494 e. The molecule has 0 spiro atoms. The van der Waals surface area contributed by atoms with Crippen molar-refractivity contribution in [1.82, 2.24) is 9.80 Å². The molecule has 3 rings (SSSR count). The van der Waals surface area contributed by atoms with Gasteiger partial charge in [0.25, 0.3) is 0 Å². The molecule has 0 aromatic heterocycles. The van der Waals surface area contributed by atoms with Crippen molar-refractivity contribution < 1.29 is 9.47 Å². The highest BCUT2D eigenvalue weighted by atomic mass is 16.5. The van der Waals surface area contributed by atoms with Crippen molar-refractivity contribution in [2.75, 3.05) is 59.6 Å². The lowest BCUT2D eigenvalue weighted by atomic mass is 9.73. The predicted molar refractivity (Wildman–Crippen MR) is 126 cm³/mol. The molecule has 4 heteroatoms. The van der Waals surface area contributed by atoms with E-state index in [0.717, 1.165) is 51.4 Å². The van der Waals surface area contributed by atoms with Crippen LogP contribution in [0.15, 0.2) is 24.3 Å². The molecule has 0 unspecified atom stereocenters. The van der Waals surface area contributed by atoms with Crippen LogP contribution in [0.2, 0.25) is 0 Å². The molecule has 0 bridgehead atoms. The number of unbranched alkanes of at least 4 members (excludes halogenated alkanes) is 3. The third-order valence-electron chi connectivity index (χ3n) is 6.97. The van der Waals surface area contributed by atoms with E-state index < -0.39 is 0 Å². The molecule has 1 aromatic rings. The monoisotopic (exact) mass is 416 g/mol. The number of ether oxygens (including phenoxy) is 2. The summed E-state index contributed by atoms with van der Waals surface area (Å²) >= 11 is 0. The topological polar surface area (TPSA) is 24.9 Å². The molecule has 2 aliphatic heterocycles. The standard InChI is InChI=1S/C26H44N2O2/c1-3-4-5-6-16-27(2)23-26(14-21-29-22-15-26)24-10-12-25(13-11-24)30-20-9-19-28-17-7-8-18-28/h10-13H,3-9,14-23H2,1-2H3. The van der Waals surface area contributed by atoms with Crippen LogP contribution in [-0.4, -0.2) is 69.4 Å². The first-order valence-electron chi connectivity index (χ1n) is 12.4. The Kier molecular flexibility index (Phi) is 9.96. The summed E-state index contributed by atoms with van der Waals surface area (Å²) < 4.78 is 11.8. The van der Waals surface area contributed by atoms with E-state index in [-0.39, 0.29) is 5.41 Å². The van der Waals surface area contributed by atoms with Crippen molar-refractivity contribution in [3.8, 4) is 5.75 Å². The van der Waals surface area contributed by atoms with E-state index in [1.54, 1.807) is 0 Å². The number of hydrogen-bond acceptors (Lipinski definition) is 4. The highest BCUT2D eigenvalue weighted by Crippen LogP contribution is 2.36. The Morgan fingerprint density at radius 2 is 1.73 bits per heavy atom. The minimum absolute atomic E-state index is 0.214. The molecule has 0 aliphatic carbocycles. The first-order valence-corrected chi connectivity index (χ1v) is 12.4. The van der Waals surface area contributed by atoms with Gasteiger partial charge in [0.2, 0.25) is 0 Å². The highest BCUT2D eigenvalue weighted by Gasteiger charge is 2.35. The van der Waals surface area contributed by atoms with Crippen molar-refractivity contribution in [2.45, 2.75) is 70.1 Å². The fraction of sp³-hybridized carbons (Fsp3) is 0.769. The lowest BCUT2D eigenvalue weighted by Gasteiger charge is -2.40. The predicted octanol–water partition coefficient (Wildman–Crippen LogP) is 5.11. The average molecular weight is 417 g/mol. The van der Waals surface area contributed by atoms with Gasteiger partial charge in [0.05, 0.1) is 6.61 Å². The second kappa shape index (κ2) is 12.7. The molecular formula is C26H44N2O2. The van der Waals surface area contributed by atoms with Crippen molar-refractivity contribution >= 4 is 0 Å². The molecule has 2 fully saturated rings. The van der Waals surface area contributed by atoms with Crippen LogP contribution in [0.4, 0.5) is 0 Å². The van der Waals surface area contributed by atoms with Gasteiger partial charge in [0.15, 0.2) is 0 Å². The maximum Gasteiger partial charge on any atom is 0.119 e. The molecule has 2 aliphatic rings. The summed E-state index contributed by atoms with van der Waals surface area (Å²) in [6.45, 7) is 10.9. The van der Waals surface area contributed by atoms with E-state index in [1.807, 2.05) is 0 Å². The van der Waals surface area contributed by atoms with E-state index in [1.165, 1.54) is 70.3 Å². The van der Waals surface area contributed by atoms with Crippen LogP contribution >= 0.6 is 0 Å². The van der Waals surface area contributed by atoms with Crippen LogP contribution in [0.25, 0.3) is 0 Å². The quantitative estimate of drug-likeness (QED) is 0.417. The number of likely N-dealkylation sites (tertiary alicyclic amines) is 1. The zero-order chi connectivity index (χ0) is 21.1. The Hall–Kier alpha value is -1.10. The minimum Gasteiger partial charge on any atom is -0.494 e. The van der Waals surface area contributed by atoms with E-state index in [2.05, 4.69) is 48.0 Å². The molecule has 170 valence electrons. The molecule has 1 aromatic carbocycles. The van der Waals surface area contributed by atoms with E-state index in [9.17, 15) is 0 Å². The Morgan fingerprint density at radius 3 is 2.43 bits per heavy atom. The number of likely N-dealkylation sites (N-methyl/N-ethyl adjacent to an activating group) is 1. The fourth-order valence-electron chi connectivity index (χ4n) is 5.09. The Balaban J connectivity index is 1.50. The van der Waals surface area contributed by atoms with E-state index in [4.69, 9.17) is 9.47 Å². The van der Waals surface area contributed by atoms with Crippen LogP contribution in [0.5, 0.6) is 5.75 Å². The van der Waals surface area contributed by atoms with Crippen LogP contribution in [-0.2, 0) is 10.2 Å². The van der Waals surface area contributed by atoms with Crippen LogP contribution in [0, 0.1) is 0 Å². The molecule has 30 heavy (non-hydrogen) atoms. The molecule has 2 heterocycles. The van der Waals surface area contributed by atoms with E-state index in [0.29, 0.717) is 0 Å². The number of rotatable bonds is 13. The van der Waals surface area contributed by atoms with Gasteiger partial charge < -0.3 is 19.3 Å². The fourth-order valence-corrected chi connectivity index (χ4v) is 5.09. The smallest absolute Gasteiger partial charge is 0.119 e. The molecule has 0 radical (unpaired) electrons. The minimum atomic E-state index is 0.214. The average Bonchev–Trinajstić information content (AvgIpc) is 3.29. The first-order chi connectivity index (χ1) is 14.7. The SMILES string of the molecule is CCCCCCN(C)CC1(c2ccc(OCCCN3CCCC3)cc2)CCOCC1. The maximum absolute atomic E-state index is 6.04. The molecule has 4 nitrogen and oxygen atoms in total. The molecule has 0 saturated carbocycles. The molecule has 0 amide bonds. The normalized spacial score (nSPS) is 19.4. The van der Waals surface area contributed by atoms with Crippen molar-refractivity contribution in [1.29, 1.82) is 0 Å². The zero-order valence-electron chi connectivity index (χ0n) is 19.5. The molecule has 2 saturated heterocycles. The summed E-state index contributed by atoms with van der Waals surface area (Å²) in [5.41, 5.74) is 1.67. The third-order valence-corrected chi connectivity index (χ3v) is 6.97. The van der Waals surface area contributed by atoms with Gasteiger partial charge in [-0.1, -0.05) is 38.3 Å². The second-order valence-corrected chi connectivity index (χ2v) is 9.47. The lowest BCUT2D eigenvalue weighted by Crippen LogP contribution is -2.43. The van der Waals surface area contributed by atoms with Gasteiger partial charge in [-0.2, -0.15) is 0 Å². The maximum atomic E-state index is 6.04. The van der Waals surface area contributed by atoms with Crippen molar-refractivity contribution in [3.63, 3.8) is 0 Å². The third kappa shape index (κ3) is 7.25. The Bertz CT molecular complexity index is 577. The van der Waals surface area contributed by atoms with Crippen LogP contribution in [0.3, 0.4) is 0 Å². The summed E-state index contributed by atoms with van der Waals surface area (Å²) in [5.74, 6) is 1.01. The lowest BCUT2D eigenvalue weighted by molar-refractivity contribution is 0.0371. The van der Waals surface area contributed by atoms with Gasteiger partial charge in [-0.25, -0.2) is 0 Å². The Labute approximate surface area is 184 Å². The van der Waals surface area contributed by atoms with Crippen molar-refractivity contribution in [2.24, 2.45) is 0 Å². The van der Waals surface area contributed by atoms with Gasteiger partial charge in [0.1, 0.15) is 5.75 Å². The summed E-state index contributed by atoms with van der Waals surface area (Å²) in [6, 6.07) is 8.99. The van der Waals surface area contributed by atoms with Crippen LogP contribution < -0.4 is 4.74 Å². The molecule has 0 N–H and O–H groups in total. The highest BCUT2D eigenvalue weighted by molar-refractivity contribution is 5.33. The molecule has 0 atom stereocenters. The summed E-state index contributed by atoms with van der Waals surface area (Å²) in [7, 11) is 2.29. The van der Waals surface area contributed by atoms with Crippen molar-refractivity contribution in [3.05, 3.63) is 29.8 Å². The number of benzene rings is 1.